The van der Waals surface area contributed by atoms with Crippen molar-refractivity contribution < 1.29 is 8.42 Å². The molecular formula is C12H20N2O2S. The Labute approximate surface area is 103 Å². The van der Waals surface area contributed by atoms with Gasteiger partial charge >= 0.3 is 0 Å². The standard InChI is InChI=1S/C12H20N2O2S/c1-5-14(6-2)17(15,16)12-10(4)9(3)7-8-11(12)13/h7-8H,5-6,13H2,1-4H3. The van der Waals surface area contributed by atoms with Crippen LogP contribution in [0.1, 0.15) is 25.0 Å². The van der Waals surface area contributed by atoms with E-state index in [1.54, 1.807) is 13.0 Å². The van der Waals surface area contributed by atoms with Crippen molar-refractivity contribution in [2.24, 2.45) is 0 Å². The highest BCUT2D eigenvalue weighted by atomic mass is 32.2. The Balaban J connectivity index is 3.48. The van der Waals surface area contributed by atoms with Crippen molar-refractivity contribution in [2.75, 3.05) is 18.8 Å². The van der Waals surface area contributed by atoms with Gasteiger partial charge in [-0.1, -0.05) is 19.9 Å². The summed E-state index contributed by atoms with van der Waals surface area (Å²) in [7, 11) is -3.48. The molecule has 0 spiro atoms. The molecule has 0 amide bonds. The van der Waals surface area contributed by atoms with Gasteiger partial charge in [0.1, 0.15) is 4.90 Å². The maximum absolute atomic E-state index is 12.4. The quantitative estimate of drug-likeness (QED) is 0.837. The van der Waals surface area contributed by atoms with Crippen LogP contribution in [0.5, 0.6) is 0 Å². The van der Waals surface area contributed by atoms with Crippen LogP contribution in [0.3, 0.4) is 0 Å². The fourth-order valence-corrected chi connectivity index (χ4v) is 3.70. The van der Waals surface area contributed by atoms with E-state index < -0.39 is 10.0 Å². The third-order valence-electron chi connectivity index (χ3n) is 3.01. The van der Waals surface area contributed by atoms with Gasteiger partial charge in [-0.15, -0.1) is 0 Å². The van der Waals surface area contributed by atoms with Gasteiger partial charge in [-0.25, -0.2) is 8.42 Å². The summed E-state index contributed by atoms with van der Waals surface area (Å²) < 4.78 is 26.3. The molecule has 0 unspecified atom stereocenters. The normalized spacial score (nSPS) is 12.1. The second kappa shape index (κ2) is 5.06. The molecule has 0 aliphatic heterocycles. The van der Waals surface area contributed by atoms with Crippen LogP contribution in [0.2, 0.25) is 0 Å². The molecular weight excluding hydrogens is 236 g/mol. The first-order chi connectivity index (χ1) is 7.86. The molecule has 0 fully saturated rings. The van der Waals surface area contributed by atoms with Crippen LogP contribution >= 0.6 is 0 Å². The van der Waals surface area contributed by atoms with Gasteiger partial charge in [0.05, 0.1) is 5.69 Å². The van der Waals surface area contributed by atoms with E-state index in [9.17, 15) is 8.42 Å². The van der Waals surface area contributed by atoms with Crippen LogP contribution in [0.4, 0.5) is 5.69 Å². The lowest BCUT2D eigenvalue weighted by Crippen LogP contribution is -2.31. The van der Waals surface area contributed by atoms with E-state index in [2.05, 4.69) is 0 Å². The molecule has 0 saturated carbocycles. The van der Waals surface area contributed by atoms with Crippen LogP contribution < -0.4 is 5.73 Å². The summed E-state index contributed by atoms with van der Waals surface area (Å²) in [5.41, 5.74) is 7.81. The van der Waals surface area contributed by atoms with Gasteiger partial charge in [-0.2, -0.15) is 4.31 Å². The van der Waals surface area contributed by atoms with Crippen molar-refractivity contribution in [2.45, 2.75) is 32.6 Å². The van der Waals surface area contributed by atoms with Gasteiger partial charge in [0, 0.05) is 13.1 Å². The Bertz CT molecular complexity index is 505. The molecule has 17 heavy (non-hydrogen) atoms. The summed E-state index contributed by atoms with van der Waals surface area (Å²) in [5.74, 6) is 0. The lowest BCUT2D eigenvalue weighted by Gasteiger charge is -2.21. The summed E-state index contributed by atoms with van der Waals surface area (Å²) in [4.78, 5) is 0.251. The molecule has 0 saturated heterocycles. The Hall–Kier alpha value is -1.07. The summed E-state index contributed by atoms with van der Waals surface area (Å²) >= 11 is 0. The SMILES string of the molecule is CCN(CC)S(=O)(=O)c1c(N)ccc(C)c1C. The van der Waals surface area contributed by atoms with Crippen LogP contribution in [0, 0.1) is 13.8 Å². The zero-order valence-corrected chi connectivity index (χ0v) is 11.6. The molecule has 5 heteroatoms. The Kier molecular flexibility index (Phi) is 4.16. The minimum absolute atomic E-state index is 0.251. The number of nitrogens with two attached hydrogens (primary N) is 1. The van der Waals surface area contributed by atoms with E-state index in [1.165, 1.54) is 4.31 Å². The third kappa shape index (κ3) is 2.45. The molecule has 0 radical (unpaired) electrons. The Morgan fingerprint density at radius 2 is 1.71 bits per heavy atom. The van der Waals surface area contributed by atoms with Crippen LogP contribution in [0.25, 0.3) is 0 Å². The summed E-state index contributed by atoms with van der Waals surface area (Å²) in [6.45, 7) is 8.22. The highest BCUT2D eigenvalue weighted by Crippen LogP contribution is 2.27. The minimum atomic E-state index is -3.48. The van der Waals surface area contributed by atoms with E-state index in [4.69, 9.17) is 5.73 Å². The van der Waals surface area contributed by atoms with Crippen molar-refractivity contribution in [1.82, 2.24) is 4.31 Å². The highest BCUT2D eigenvalue weighted by molar-refractivity contribution is 7.89. The Morgan fingerprint density at radius 1 is 1.18 bits per heavy atom. The molecule has 1 aromatic carbocycles. The van der Waals surface area contributed by atoms with Crippen molar-refractivity contribution in [1.29, 1.82) is 0 Å². The van der Waals surface area contributed by atoms with Crippen LogP contribution in [-0.2, 0) is 10.0 Å². The average Bonchev–Trinajstić information content (AvgIpc) is 2.25. The van der Waals surface area contributed by atoms with Crippen LogP contribution in [-0.4, -0.2) is 25.8 Å². The predicted octanol–water partition coefficient (Wildman–Crippen LogP) is 1.92. The second-order valence-corrected chi connectivity index (χ2v) is 5.89. The van der Waals surface area contributed by atoms with Crippen molar-refractivity contribution in [3.63, 3.8) is 0 Å². The molecule has 1 rings (SSSR count). The number of hydrogen-bond acceptors (Lipinski definition) is 3. The zero-order chi connectivity index (χ0) is 13.2. The van der Waals surface area contributed by atoms with E-state index in [0.29, 0.717) is 18.8 Å². The number of sulfonamides is 1. The molecule has 0 aromatic heterocycles. The number of rotatable bonds is 4. The van der Waals surface area contributed by atoms with E-state index in [0.717, 1.165) is 11.1 Å². The van der Waals surface area contributed by atoms with E-state index >= 15 is 0 Å². The largest absolute Gasteiger partial charge is 0.398 e. The first-order valence-electron chi connectivity index (χ1n) is 5.72. The summed E-state index contributed by atoms with van der Waals surface area (Å²) in [6.07, 6.45) is 0. The third-order valence-corrected chi connectivity index (χ3v) is 5.26. The van der Waals surface area contributed by atoms with Gasteiger partial charge in [0.2, 0.25) is 10.0 Å². The fourth-order valence-electron chi connectivity index (χ4n) is 1.85. The van der Waals surface area contributed by atoms with Gasteiger partial charge in [0.15, 0.2) is 0 Å². The smallest absolute Gasteiger partial charge is 0.245 e. The molecule has 96 valence electrons. The molecule has 4 nitrogen and oxygen atoms in total. The minimum Gasteiger partial charge on any atom is -0.398 e. The maximum atomic E-state index is 12.4. The van der Waals surface area contributed by atoms with E-state index in [-0.39, 0.29) is 4.90 Å². The van der Waals surface area contributed by atoms with Crippen molar-refractivity contribution in [3.05, 3.63) is 23.3 Å². The second-order valence-electron chi connectivity index (χ2n) is 4.02. The lowest BCUT2D eigenvalue weighted by atomic mass is 10.1. The molecule has 0 aliphatic rings. The number of benzene rings is 1. The van der Waals surface area contributed by atoms with Crippen molar-refractivity contribution in [3.8, 4) is 0 Å². The number of aryl methyl sites for hydroxylation is 1. The summed E-state index contributed by atoms with van der Waals surface area (Å²) in [6, 6.07) is 3.49. The van der Waals surface area contributed by atoms with Crippen molar-refractivity contribution >= 4 is 15.7 Å². The first-order valence-corrected chi connectivity index (χ1v) is 7.16. The molecule has 0 aliphatic carbocycles. The zero-order valence-electron chi connectivity index (χ0n) is 10.8. The van der Waals surface area contributed by atoms with Crippen LogP contribution in [0.15, 0.2) is 17.0 Å². The van der Waals surface area contributed by atoms with Gasteiger partial charge in [0.25, 0.3) is 0 Å². The highest BCUT2D eigenvalue weighted by Gasteiger charge is 2.26. The average molecular weight is 256 g/mol. The fraction of sp³-hybridized carbons (Fsp3) is 0.500. The Morgan fingerprint density at radius 3 is 2.18 bits per heavy atom. The molecule has 0 heterocycles. The maximum Gasteiger partial charge on any atom is 0.245 e. The molecule has 0 bridgehead atoms. The predicted molar refractivity (Wildman–Crippen MR) is 70.4 cm³/mol. The number of nitrogen functional groups attached to an aromatic ring is 1. The van der Waals surface area contributed by atoms with E-state index in [1.807, 2.05) is 26.8 Å². The molecule has 0 atom stereocenters. The number of anilines is 1. The number of hydrogen-bond donors (Lipinski definition) is 1. The van der Waals surface area contributed by atoms with Gasteiger partial charge < -0.3 is 5.73 Å². The molecule has 1 aromatic rings. The topological polar surface area (TPSA) is 63.4 Å². The first kappa shape index (κ1) is 14.0. The van der Waals surface area contributed by atoms with Gasteiger partial charge in [-0.05, 0) is 31.0 Å². The molecule has 2 N–H and O–H groups in total. The monoisotopic (exact) mass is 256 g/mol. The summed E-state index contributed by atoms with van der Waals surface area (Å²) in [5, 5.41) is 0. The number of nitrogens with zero attached hydrogens (tertiary/aromatic N) is 1. The van der Waals surface area contributed by atoms with Gasteiger partial charge in [-0.3, -0.25) is 0 Å². The lowest BCUT2D eigenvalue weighted by molar-refractivity contribution is 0.445.